The first-order valence-corrected chi connectivity index (χ1v) is 8.63. The average molecular weight is 338 g/mol. The summed E-state index contributed by atoms with van der Waals surface area (Å²) >= 11 is 0. The Labute approximate surface area is 145 Å². The van der Waals surface area contributed by atoms with Crippen molar-refractivity contribution < 1.29 is 14.3 Å². The molecule has 0 radical (unpaired) electrons. The van der Waals surface area contributed by atoms with Crippen LogP contribution in [-0.4, -0.2) is 42.2 Å². The largest absolute Gasteiger partial charge is 0.395 e. The number of rotatable bonds is 9. The van der Waals surface area contributed by atoms with Crippen LogP contribution in [0.15, 0.2) is 24.3 Å². The highest BCUT2D eigenvalue weighted by molar-refractivity contribution is 5.78. The van der Waals surface area contributed by atoms with Gasteiger partial charge in [-0.3, -0.25) is 9.69 Å². The standard InChI is InChI=1S/C19H31FN2O2/c1-5-10-22(11-12-23)14-18(24)21-17(13-19(2,3)4)15-6-8-16(20)9-7-15/h6-9,17,23H,5,10-14H2,1-4H3,(H,21,24). The van der Waals surface area contributed by atoms with Crippen molar-refractivity contribution in [2.75, 3.05) is 26.2 Å². The molecule has 136 valence electrons. The lowest BCUT2D eigenvalue weighted by Crippen LogP contribution is -2.41. The van der Waals surface area contributed by atoms with Gasteiger partial charge in [0.05, 0.1) is 19.2 Å². The van der Waals surface area contributed by atoms with E-state index in [0.717, 1.165) is 24.9 Å². The number of hydrogen-bond donors (Lipinski definition) is 2. The number of nitrogens with one attached hydrogen (secondary N) is 1. The minimum Gasteiger partial charge on any atom is -0.395 e. The van der Waals surface area contributed by atoms with Crippen LogP contribution in [-0.2, 0) is 4.79 Å². The number of nitrogens with zero attached hydrogens (tertiary/aromatic N) is 1. The Morgan fingerprint density at radius 1 is 1.25 bits per heavy atom. The molecule has 0 aromatic heterocycles. The first-order valence-electron chi connectivity index (χ1n) is 8.63. The summed E-state index contributed by atoms with van der Waals surface area (Å²) in [5.74, 6) is -0.355. The van der Waals surface area contributed by atoms with E-state index >= 15 is 0 Å². The lowest BCUT2D eigenvalue weighted by molar-refractivity contribution is -0.123. The van der Waals surface area contributed by atoms with E-state index < -0.39 is 0 Å². The molecule has 1 amide bonds. The number of amides is 1. The van der Waals surface area contributed by atoms with Crippen LogP contribution >= 0.6 is 0 Å². The molecule has 0 heterocycles. The van der Waals surface area contributed by atoms with Crippen molar-refractivity contribution in [2.45, 2.75) is 46.6 Å². The molecule has 0 aliphatic rings. The van der Waals surface area contributed by atoms with Gasteiger partial charge in [0, 0.05) is 6.54 Å². The van der Waals surface area contributed by atoms with Crippen LogP contribution in [0.1, 0.15) is 52.1 Å². The Morgan fingerprint density at radius 2 is 1.88 bits per heavy atom. The van der Waals surface area contributed by atoms with Crippen LogP contribution in [0.25, 0.3) is 0 Å². The molecule has 1 aromatic rings. The maximum atomic E-state index is 13.2. The zero-order chi connectivity index (χ0) is 18.2. The highest BCUT2D eigenvalue weighted by atomic mass is 19.1. The molecular weight excluding hydrogens is 307 g/mol. The second-order valence-electron chi connectivity index (χ2n) is 7.44. The van der Waals surface area contributed by atoms with Crippen LogP contribution in [0.2, 0.25) is 0 Å². The van der Waals surface area contributed by atoms with Crippen LogP contribution in [0, 0.1) is 11.2 Å². The van der Waals surface area contributed by atoms with E-state index in [9.17, 15) is 9.18 Å². The number of carbonyl (C=O) groups is 1. The molecule has 0 fully saturated rings. The fraction of sp³-hybridized carbons (Fsp3) is 0.632. The Hall–Kier alpha value is -1.46. The zero-order valence-corrected chi connectivity index (χ0v) is 15.3. The molecular formula is C19H31FN2O2. The van der Waals surface area contributed by atoms with E-state index in [1.165, 1.54) is 12.1 Å². The second kappa shape index (κ2) is 9.74. The number of benzene rings is 1. The molecule has 0 aliphatic heterocycles. The van der Waals surface area contributed by atoms with Crippen molar-refractivity contribution in [3.05, 3.63) is 35.6 Å². The molecule has 1 rings (SSSR count). The molecule has 4 nitrogen and oxygen atoms in total. The summed E-state index contributed by atoms with van der Waals surface area (Å²) in [7, 11) is 0. The molecule has 1 atom stereocenters. The number of hydrogen-bond acceptors (Lipinski definition) is 3. The second-order valence-corrected chi connectivity index (χ2v) is 7.44. The Balaban J connectivity index is 2.80. The molecule has 1 unspecified atom stereocenters. The van der Waals surface area contributed by atoms with Crippen molar-refractivity contribution in [1.29, 1.82) is 0 Å². The van der Waals surface area contributed by atoms with E-state index in [0.29, 0.717) is 6.54 Å². The van der Waals surface area contributed by atoms with Crippen molar-refractivity contribution >= 4 is 5.91 Å². The quantitative estimate of drug-likeness (QED) is 0.727. The Kier molecular flexibility index (Phi) is 8.36. The van der Waals surface area contributed by atoms with E-state index in [1.54, 1.807) is 12.1 Å². The van der Waals surface area contributed by atoms with Gasteiger partial charge in [0.2, 0.25) is 5.91 Å². The van der Waals surface area contributed by atoms with Gasteiger partial charge in [-0.05, 0) is 42.5 Å². The zero-order valence-electron chi connectivity index (χ0n) is 15.3. The van der Waals surface area contributed by atoms with Crippen LogP contribution in [0.5, 0.6) is 0 Å². The van der Waals surface area contributed by atoms with E-state index in [4.69, 9.17) is 5.11 Å². The minimum atomic E-state index is -0.281. The maximum absolute atomic E-state index is 13.2. The highest BCUT2D eigenvalue weighted by Gasteiger charge is 2.22. The Morgan fingerprint density at radius 3 is 2.38 bits per heavy atom. The minimum absolute atomic E-state index is 0.0283. The smallest absolute Gasteiger partial charge is 0.234 e. The molecule has 0 spiro atoms. The lowest BCUT2D eigenvalue weighted by Gasteiger charge is -2.28. The molecule has 1 aromatic carbocycles. The predicted molar refractivity (Wildman–Crippen MR) is 95.2 cm³/mol. The van der Waals surface area contributed by atoms with Gasteiger partial charge in [-0.1, -0.05) is 39.8 Å². The third-order valence-corrected chi connectivity index (χ3v) is 3.75. The van der Waals surface area contributed by atoms with Crippen LogP contribution in [0.4, 0.5) is 4.39 Å². The normalized spacial score (nSPS) is 13.1. The predicted octanol–water partition coefficient (Wildman–Crippen LogP) is 3.12. The molecule has 24 heavy (non-hydrogen) atoms. The molecule has 0 saturated carbocycles. The summed E-state index contributed by atoms with van der Waals surface area (Å²) < 4.78 is 13.2. The van der Waals surface area contributed by atoms with E-state index in [1.807, 2.05) is 11.8 Å². The van der Waals surface area contributed by atoms with Gasteiger partial charge in [0.25, 0.3) is 0 Å². The van der Waals surface area contributed by atoms with E-state index in [-0.39, 0.29) is 36.3 Å². The summed E-state index contributed by atoms with van der Waals surface area (Å²) in [4.78, 5) is 14.4. The lowest BCUT2D eigenvalue weighted by atomic mass is 9.85. The summed E-state index contributed by atoms with van der Waals surface area (Å²) in [6.45, 7) is 9.95. The van der Waals surface area contributed by atoms with Crippen LogP contribution < -0.4 is 5.32 Å². The number of aliphatic hydroxyl groups excluding tert-OH is 1. The Bertz CT molecular complexity index is 491. The molecule has 0 aliphatic carbocycles. The fourth-order valence-corrected chi connectivity index (χ4v) is 2.73. The van der Waals surface area contributed by atoms with Gasteiger partial charge in [-0.15, -0.1) is 0 Å². The molecule has 5 heteroatoms. The average Bonchev–Trinajstić information content (AvgIpc) is 2.46. The number of aliphatic hydroxyl groups is 1. The molecule has 0 bridgehead atoms. The summed E-state index contributed by atoms with van der Waals surface area (Å²) in [6, 6.07) is 6.14. The van der Waals surface area contributed by atoms with Gasteiger partial charge >= 0.3 is 0 Å². The highest BCUT2D eigenvalue weighted by Crippen LogP contribution is 2.29. The third kappa shape index (κ3) is 7.88. The summed E-state index contributed by atoms with van der Waals surface area (Å²) in [5.41, 5.74) is 0.935. The van der Waals surface area contributed by atoms with Crippen molar-refractivity contribution in [3.8, 4) is 0 Å². The van der Waals surface area contributed by atoms with Crippen molar-refractivity contribution in [2.24, 2.45) is 5.41 Å². The number of halogens is 1. The van der Waals surface area contributed by atoms with Gasteiger partial charge < -0.3 is 10.4 Å². The summed E-state index contributed by atoms with van der Waals surface area (Å²) in [5, 5.41) is 12.2. The van der Waals surface area contributed by atoms with Gasteiger partial charge in [-0.2, -0.15) is 0 Å². The topological polar surface area (TPSA) is 52.6 Å². The molecule has 0 saturated heterocycles. The monoisotopic (exact) mass is 338 g/mol. The van der Waals surface area contributed by atoms with Crippen molar-refractivity contribution in [3.63, 3.8) is 0 Å². The molecule has 2 N–H and O–H groups in total. The van der Waals surface area contributed by atoms with Crippen molar-refractivity contribution in [1.82, 2.24) is 10.2 Å². The summed E-state index contributed by atoms with van der Waals surface area (Å²) in [6.07, 6.45) is 1.69. The SMILES string of the molecule is CCCN(CCO)CC(=O)NC(CC(C)(C)C)c1ccc(F)cc1. The maximum Gasteiger partial charge on any atom is 0.234 e. The van der Waals surface area contributed by atoms with Crippen LogP contribution in [0.3, 0.4) is 0 Å². The van der Waals surface area contributed by atoms with E-state index in [2.05, 4.69) is 26.1 Å². The van der Waals surface area contributed by atoms with Gasteiger partial charge in [0.1, 0.15) is 5.82 Å². The fourth-order valence-electron chi connectivity index (χ4n) is 2.73. The third-order valence-electron chi connectivity index (χ3n) is 3.75. The number of carbonyl (C=O) groups excluding carboxylic acids is 1. The van der Waals surface area contributed by atoms with Gasteiger partial charge in [0.15, 0.2) is 0 Å². The first kappa shape index (κ1) is 20.6. The van der Waals surface area contributed by atoms with Gasteiger partial charge in [-0.25, -0.2) is 4.39 Å². The first-order chi connectivity index (χ1) is 11.2.